The molecule has 0 saturated carbocycles. The lowest BCUT2D eigenvalue weighted by atomic mass is 9.79. The van der Waals surface area contributed by atoms with Crippen molar-refractivity contribution in [2.45, 2.75) is 25.7 Å². The molecular formula is C16H19FN2. The van der Waals surface area contributed by atoms with Crippen LogP contribution in [-0.2, 0) is 6.42 Å². The molecule has 19 heavy (non-hydrogen) atoms. The minimum atomic E-state index is -0.117. The van der Waals surface area contributed by atoms with Crippen LogP contribution in [0.1, 0.15) is 30.5 Å². The van der Waals surface area contributed by atoms with Crippen LogP contribution in [0.25, 0.3) is 10.9 Å². The maximum atomic E-state index is 13.9. The molecule has 0 unspecified atom stereocenters. The van der Waals surface area contributed by atoms with Crippen LogP contribution in [0, 0.1) is 11.7 Å². The summed E-state index contributed by atoms with van der Waals surface area (Å²) in [7, 11) is 0. The quantitative estimate of drug-likeness (QED) is 0.831. The maximum absolute atomic E-state index is 13.9. The van der Waals surface area contributed by atoms with E-state index in [4.69, 9.17) is 0 Å². The van der Waals surface area contributed by atoms with Gasteiger partial charge in [-0.3, -0.25) is 0 Å². The summed E-state index contributed by atoms with van der Waals surface area (Å²) < 4.78 is 13.9. The zero-order chi connectivity index (χ0) is 13.0. The number of benzene rings is 1. The molecule has 0 bridgehead atoms. The van der Waals surface area contributed by atoms with Crippen molar-refractivity contribution in [3.05, 3.63) is 35.3 Å². The lowest BCUT2D eigenvalue weighted by molar-refractivity contribution is 0.338. The maximum Gasteiger partial charge on any atom is 0.147 e. The van der Waals surface area contributed by atoms with Gasteiger partial charge in [0.05, 0.1) is 5.52 Å². The second kappa shape index (κ2) is 4.07. The predicted octanol–water partition coefficient (Wildman–Crippen LogP) is 3.29. The molecule has 2 aliphatic rings. The van der Waals surface area contributed by atoms with Crippen molar-refractivity contribution in [1.82, 2.24) is 9.88 Å². The number of aryl methyl sites for hydroxylation is 1. The summed E-state index contributed by atoms with van der Waals surface area (Å²) in [5.41, 5.74) is 3.39. The van der Waals surface area contributed by atoms with Gasteiger partial charge in [-0.25, -0.2) is 4.39 Å². The van der Waals surface area contributed by atoms with Crippen molar-refractivity contribution in [3.63, 3.8) is 0 Å². The van der Waals surface area contributed by atoms with Gasteiger partial charge in [-0.2, -0.15) is 0 Å². The number of hydrogen-bond donors (Lipinski definition) is 1. The van der Waals surface area contributed by atoms with Gasteiger partial charge in [0.2, 0.25) is 0 Å². The molecular weight excluding hydrogens is 239 g/mol. The van der Waals surface area contributed by atoms with Crippen LogP contribution < -0.4 is 0 Å². The number of hydrogen-bond acceptors (Lipinski definition) is 1. The Hall–Kier alpha value is -1.35. The molecule has 3 heteroatoms. The summed E-state index contributed by atoms with van der Waals surface area (Å²) in [5, 5.41) is 1.11. The largest absolute Gasteiger partial charge is 0.356 e. The fourth-order valence-corrected chi connectivity index (χ4v) is 4.05. The van der Waals surface area contributed by atoms with E-state index < -0.39 is 0 Å². The van der Waals surface area contributed by atoms with Gasteiger partial charge in [-0.1, -0.05) is 19.1 Å². The highest BCUT2D eigenvalue weighted by atomic mass is 19.1. The summed E-state index contributed by atoms with van der Waals surface area (Å²) in [6, 6.07) is 5.46. The van der Waals surface area contributed by atoms with E-state index in [1.54, 1.807) is 6.07 Å². The van der Waals surface area contributed by atoms with Gasteiger partial charge in [-0.15, -0.1) is 0 Å². The number of aromatic amines is 1. The van der Waals surface area contributed by atoms with E-state index >= 15 is 0 Å². The normalized spacial score (nSPS) is 26.6. The molecule has 1 aromatic heterocycles. The molecule has 1 aliphatic heterocycles. The number of likely N-dealkylation sites (N-methyl/N-ethyl adjacent to an activating group) is 1. The summed E-state index contributed by atoms with van der Waals surface area (Å²) >= 11 is 0. The van der Waals surface area contributed by atoms with Crippen LogP contribution in [0.3, 0.4) is 0 Å². The van der Waals surface area contributed by atoms with Crippen LogP contribution in [0.4, 0.5) is 4.39 Å². The Morgan fingerprint density at radius 2 is 2.26 bits per heavy atom. The fraction of sp³-hybridized carbons (Fsp3) is 0.500. The number of nitrogens with zero attached hydrogens (tertiary/aromatic N) is 1. The topological polar surface area (TPSA) is 19.0 Å². The Bertz CT molecular complexity index is 631. The number of H-pyrrole nitrogens is 1. The highest BCUT2D eigenvalue weighted by molar-refractivity contribution is 5.86. The van der Waals surface area contributed by atoms with E-state index in [-0.39, 0.29) is 5.82 Å². The number of nitrogens with one attached hydrogen (secondary N) is 1. The lowest BCUT2D eigenvalue weighted by Crippen LogP contribution is -2.19. The van der Waals surface area contributed by atoms with Crippen molar-refractivity contribution in [3.8, 4) is 0 Å². The molecule has 0 spiro atoms. The van der Waals surface area contributed by atoms with E-state index in [1.807, 2.05) is 6.07 Å². The Labute approximate surface area is 112 Å². The lowest BCUT2D eigenvalue weighted by Gasteiger charge is -2.24. The summed E-state index contributed by atoms with van der Waals surface area (Å²) in [6.45, 7) is 5.70. The third-order valence-electron chi connectivity index (χ3n) is 5.00. The summed E-state index contributed by atoms with van der Waals surface area (Å²) in [6.07, 6.45) is 2.31. The molecule has 4 rings (SSSR count). The zero-order valence-corrected chi connectivity index (χ0v) is 11.2. The monoisotopic (exact) mass is 258 g/mol. The van der Waals surface area contributed by atoms with Crippen LogP contribution in [-0.4, -0.2) is 29.5 Å². The number of para-hydroxylation sites is 1. The number of rotatable bonds is 1. The molecule has 0 radical (unpaired) electrons. The van der Waals surface area contributed by atoms with Crippen molar-refractivity contribution in [2.75, 3.05) is 19.6 Å². The van der Waals surface area contributed by atoms with E-state index in [2.05, 4.69) is 22.9 Å². The number of halogens is 1. The van der Waals surface area contributed by atoms with Crippen LogP contribution in [0.15, 0.2) is 18.2 Å². The van der Waals surface area contributed by atoms with Gasteiger partial charge in [0, 0.05) is 30.1 Å². The fourth-order valence-electron chi connectivity index (χ4n) is 4.05. The molecule has 2 heterocycles. The molecule has 100 valence electrons. The van der Waals surface area contributed by atoms with E-state index in [9.17, 15) is 4.39 Å². The van der Waals surface area contributed by atoms with Gasteiger partial charge < -0.3 is 9.88 Å². The van der Waals surface area contributed by atoms with Gasteiger partial charge >= 0.3 is 0 Å². The molecule has 2 atom stereocenters. The first-order valence-corrected chi connectivity index (χ1v) is 7.29. The molecule has 1 saturated heterocycles. The standard InChI is InChI=1S/C16H19FN2/c1-2-19-8-10-6-7-14-15(12(10)9-19)11-4-3-5-13(17)16(11)18-14/h3-5,10,12,18H,2,6-9H2,1H3/t10-,12+/m0/s1. The molecule has 2 nitrogen and oxygen atoms in total. The van der Waals surface area contributed by atoms with Gasteiger partial charge in [0.25, 0.3) is 0 Å². The Kier molecular flexibility index (Phi) is 2.46. The average Bonchev–Trinajstić information content (AvgIpc) is 2.98. The molecule has 1 fully saturated rings. The molecule has 1 aliphatic carbocycles. The smallest absolute Gasteiger partial charge is 0.147 e. The number of aromatic nitrogens is 1. The molecule has 2 aromatic rings. The molecule has 0 amide bonds. The molecule has 1 aromatic carbocycles. The van der Waals surface area contributed by atoms with E-state index in [1.165, 1.54) is 24.2 Å². The Balaban J connectivity index is 1.88. The van der Waals surface area contributed by atoms with Gasteiger partial charge in [0.15, 0.2) is 0 Å². The Morgan fingerprint density at radius 3 is 3.11 bits per heavy atom. The van der Waals surface area contributed by atoms with Crippen molar-refractivity contribution < 1.29 is 4.39 Å². The first-order chi connectivity index (χ1) is 9.28. The molecule has 1 N–H and O–H groups in total. The third kappa shape index (κ3) is 1.57. The summed E-state index contributed by atoms with van der Waals surface area (Å²) in [4.78, 5) is 5.87. The predicted molar refractivity (Wildman–Crippen MR) is 74.9 cm³/mol. The second-order valence-corrected chi connectivity index (χ2v) is 5.94. The first-order valence-electron chi connectivity index (χ1n) is 7.29. The van der Waals surface area contributed by atoms with Gasteiger partial charge in [0.1, 0.15) is 5.82 Å². The first kappa shape index (κ1) is 11.5. The minimum absolute atomic E-state index is 0.117. The number of likely N-dealkylation sites (tertiary alicyclic amines) is 1. The highest BCUT2D eigenvalue weighted by Gasteiger charge is 2.38. The Morgan fingerprint density at radius 1 is 1.37 bits per heavy atom. The summed E-state index contributed by atoms with van der Waals surface area (Å²) in [5.74, 6) is 1.24. The van der Waals surface area contributed by atoms with E-state index in [0.717, 1.165) is 30.8 Å². The number of fused-ring (bicyclic) bond motifs is 5. The van der Waals surface area contributed by atoms with Crippen molar-refractivity contribution >= 4 is 10.9 Å². The average molecular weight is 258 g/mol. The van der Waals surface area contributed by atoms with Gasteiger partial charge in [-0.05, 0) is 36.9 Å². The SMILES string of the molecule is CCN1C[C@@H]2CCc3[nH]c4c(F)cccc4c3[C@@H]2C1. The highest BCUT2D eigenvalue weighted by Crippen LogP contribution is 2.44. The zero-order valence-electron chi connectivity index (χ0n) is 11.2. The second-order valence-electron chi connectivity index (χ2n) is 5.94. The third-order valence-corrected chi connectivity index (χ3v) is 5.00. The van der Waals surface area contributed by atoms with E-state index in [0.29, 0.717) is 11.4 Å². The van der Waals surface area contributed by atoms with Crippen LogP contribution in [0.5, 0.6) is 0 Å². The minimum Gasteiger partial charge on any atom is -0.356 e. The van der Waals surface area contributed by atoms with Crippen molar-refractivity contribution in [2.24, 2.45) is 5.92 Å². The van der Waals surface area contributed by atoms with Crippen LogP contribution >= 0.6 is 0 Å². The van der Waals surface area contributed by atoms with Crippen molar-refractivity contribution in [1.29, 1.82) is 0 Å². The van der Waals surface area contributed by atoms with Crippen LogP contribution in [0.2, 0.25) is 0 Å².